The summed E-state index contributed by atoms with van der Waals surface area (Å²) < 4.78 is 10.9. The number of carbonyl (C=O) groups is 2. The van der Waals surface area contributed by atoms with Gasteiger partial charge >= 0.3 is 11.9 Å². The number of aliphatic imine (C=N–C) groups is 1. The van der Waals surface area contributed by atoms with Crippen LogP contribution in [0.15, 0.2) is 58.0 Å². The van der Waals surface area contributed by atoms with E-state index in [9.17, 15) is 14.4 Å². The molecule has 1 aliphatic rings. The van der Waals surface area contributed by atoms with E-state index in [-0.39, 0.29) is 23.0 Å². The first kappa shape index (κ1) is 20.5. The molecule has 0 bridgehead atoms. The van der Waals surface area contributed by atoms with Gasteiger partial charge in [0.2, 0.25) is 0 Å². The van der Waals surface area contributed by atoms with Crippen LogP contribution in [0.1, 0.15) is 32.1 Å². The molecule has 0 spiro atoms. The van der Waals surface area contributed by atoms with Gasteiger partial charge in [-0.15, -0.1) is 0 Å². The molecule has 1 heterocycles. The smallest absolute Gasteiger partial charge is 0.341 e. The van der Waals surface area contributed by atoms with Crippen LogP contribution in [0.25, 0.3) is 10.8 Å². The van der Waals surface area contributed by atoms with Crippen LogP contribution in [0.4, 0.5) is 0 Å². The predicted molar refractivity (Wildman–Crippen MR) is 110 cm³/mol. The summed E-state index contributed by atoms with van der Waals surface area (Å²) in [6.07, 6.45) is 7.51. The molecule has 1 saturated carbocycles. The van der Waals surface area contributed by atoms with Gasteiger partial charge in [-0.1, -0.05) is 37.5 Å². The average Bonchev–Trinajstić information content (AvgIpc) is 2.77. The summed E-state index contributed by atoms with van der Waals surface area (Å²) in [4.78, 5) is 42.3. The molecule has 1 aromatic carbocycles. The highest BCUT2D eigenvalue weighted by Crippen LogP contribution is 2.22. The Balaban J connectivity index is 2.22. The lowest BCUT2D eigenvalue weighted by Gasteiger charge is -2.21. The number of hydrogen-bond acceptors (Lipinski definition) is 6. The van der Waals surface area contributed by atoms with Crippen LogP contribution >= 0.6 is 0 Å². The number of benzene rings is 1. The van der Waals surface area contributed by atoms with Crippen LogP contribution in [-0.4, -0.2) is 42.6 Å². The normalized spacial score (nSPS) is 15.9. The number of fused-ring (bicyclic) bond motifs is 1. The van der Waals surface area contributed by atoms with Gasteiger partial charge in [-0.3, -0.25) is 14.4 Å². The van der Waals surface area contributed by atoms with Crippen molar-refractivity contribution in [1.82, 2.24) is 4.57 Å². The molecule has 7 nitrogen and oxygen atoms in total. The number of rotatable bonds is 4. The van der Waals surface area contributed by atoms with Crippen molar-refractivity contribution in [2.75, 3.05) is 14.2 Å². The Morgan fingerprint density at radius 2 is 1.79 bits per heavy atom. The average molecular weight is 396 g/mol. The monoisotopic (exact) mass is 396 g/mol. The van der Waals surface area contributed by atoms with E-state index in [1.165, 1.54) is 18.8 Å². The van der Waals surface area contributed by atoms with E-state index in [0.29, 0.717) is 5.39 Å². The van der Waals surface area contributed by atoms with Crippen molar-refractivity contribution in [1.29, 1.82) is 0 Å². The number of hydrogen-bond donors (Lipinski definition) is 0. The molecule has 2 aromatic rings. The molecule has 1 aromatic heterocycles. The van der Waals surface area contributed by atoms with Crippen molar-refractivity contribution in [3.8, 4) is 0 Å². The Morgan fingerprint density at radius 3 is 2.48 bits per heavy atom. The molecule has 0 saturated heterocycles. The number of esters is 2. The summed E-state index contributed by atoms with van der Waals surface area (Å²) in [5.41, 5.74) is -0.431. The second-order valence-corrected chi connectivity index (χ2v) is 6.90. The minimum Gasteiger partial charge on any atom is -0.466 e. The van der Waals surface area contributed by atoms with E-state index in [1.54, 1.807) is 24.4 Å². The van der Waals surface area contributed by atoms with Crippen molar-refractivity contribution in [2.24, 2.45) is 4.99 Å². The summed E-state index contributed by atoms with van der Waals surface area (Å²) >= 11 is 0. The van der Waals surface area contributed by atoms with E-state index >= 15 is 0 Å². The first-order valence-corrected chi connectivity index (χ1v) is 9.62. The Bertz CT molecular complexity index is 1030. The summed E-state index contributed by atoms with van der Waals surface area (Å²) in [5, 5.41) is 1.27. The molecular formula is C22H24N2O5. The lowest BCUT2D eigenvalue weighted by Crippen LogP contribution is -2.33. The van der Waals surface area contributed by atoms with Crippen LogP contribution in [0.5, 0.6) is 0 Å². The molecule has 0 amide bonds. The zero-order chi connectivity index (χ0) is 20.8. The molecule has 29 heavy (non-hydrogen) atoms. The van der Waals surface area contributed by atoms with Gasteiger partial charge < -0.3 is 9.47 Å². The molecule has 1 fully saturated rings. The standard InChI is InChI=1S/C22H24N2O5/c1-28-19(25)14-18(22(27)29-2)20(23-16-9-4-3-5-10-16)24-13-12-15-8-6-7-11-17(15)21(24)26/h6-8,11-14,16H,3-5,9-10H2,1-2H3/b18-14-,23-20?. The predicted octanol–water partition coefficient (Wildman–Crippen LogP) is 2.85. The minimum absolute atomic E-state index is 0.0391. The molecule has 0 atom stereocenters. The molecule has 1 aliphatic carbocycles. The fourth-order valence-electron chi connectivity index (χ4n) is 3.50. The van der Waals surface area contributed by atoms with E-state index in [4.69, 9.17) is 9.73 Å². The fourth-order valence-corrected chi connectivity index (χ4v) is 3.50. The van der Waals surface area contributed by atoms with Gasteiger partial charge in [0, 0.05) is 17.7 Å². The molecule has 0 aliphatic heterocycles. The van der Waals surface area contributed by atoms with Crippen LogP contribution in [-0.2, 0) is 19.1 Å². The zero-order valence-electron chi connectivity index (χ0n) is 16.6. The Labute approximate surface area is 168 Å². The van der Waals surface area contributed by atoms with Crippen LogP contribution in [0.3, 0.4) is 0 Å². The van der Waals surface area contributed by atoms with Crippen LogP contribution in [0.2, 0.25) is 0 Å². The second kappa shape index (κ2) is 9.32. The Kier molecular flexibility index (Phi) is 6.59. The number of aromatic nitrogens is 1. The summed E-state index contributed by atoms with van der Waals surface area (Å²) in [6.45, 7) is 0. The van der Waals surface area contributed by atoms with Gasteiger partial charge in [-0.25, -0.2) is 9.59 Å². The van der Waals surface area contributed by atoms with Gasteiger partial charge in [-0.05, 0) is 30.4 Å². The van der Waals surface area contributed by atoms with E-state index in [2.05, 4.69) is 4.74 Å². The third-order valence-corrected chi connectivity index (χ3v) is 5.03. The lowest BCUT2D eigenvalue weighted by atomic mass is 9.96. The zero-order valence-corrected chi connectivity index (χ0v) is 16.6. The topological polar surface area (TPSA) is 87.0 Å². The van der Waals surface area contributed by atoms with Gasteiger partial charge in [0.1, 0.15) is 11.4 Å². The maximum absolute atomic E-state index is 13.2. The maximum atomic E-state index is 13.2. The fraction of sp³-hybridized carbons (Fsp3) is 0.364. The minimum atomic E-state index is -0.759. The summed E-state index contributed by atoms with van der Waals surface area (Å²) in [5.74, 6) is -1.38. The van der Waals surface area contributed by atoms with E-state index in [1.807, 2.05) is 12.1 Å². The summed E-state index contributed by atoms with van der Waals surface area (Å²) in [6, 6.07) is 8.92. The molecule has 0 unspecified atom stereocenters. The van der Waals surface area contributed by atoms with Crippen molar-refractivity contribution in [3.05, 3.63) is 58.5 Å². The highest BCUT2D eigenvalue weighted by Gasteiger charge is 2.24. The van der Waals surface area contributed by atoms with Crippen molar-refractivity contribution >= 4 is 28.5 Å². The van der Waals surface area contributed by atoms with Gasteiger partial charge in [0.15, 0.2) is 0 Å². The molecule has 0 radical (unpaired) electrons. The molecule has 0 N–H and O–H groups in total. The van der Waals surface area contributed by atoms with Crippen molar-refractivity contribution in [3.63, 3.8) is 0 Å². The van der Waals surface area contributed by atoms with E-state index in [0.717, 1.165) is 43.6 Å². The molecule has 7 heteroatoms. The maximum Gasteiger partial charge on any atom is 0.341 e. The molecule has 152 valence electrons. The van der Waals surface area contributed by atoms with Crippen LogP contribution < -0.4 is 5.56 Å². The van der Waals surface area contributed by atoms with Crippen molar-refractivity contribution in [2.45, 2.75) is 38.1 Å². The third kappa shape index (κ3) is 4.62. The Hall–Kier alpha value is -3.22. The number of carbonyl (C=O) groups excluding carboxylic acids is 2. The number of pyridine rings is 1. The van der Waals surface area contributed by atoms with Crippen molar-refractivity contribution < 1.29 is 19.1 Å². The number of nitrogens with zero attached hydrogens (tertiary/aromatic N) is 2. The largest absolute Gasteiger partial charge is 0.466 e. The lowest BCUT2D eigenvalue weighted by molar-refractivity contribution is -0.138. The SMILES string of the molecule is COC(=O)/C=C(\C(=O)OC)C(=NC1CCCCC1)n1ccc2ccccc2c1=O. The second-order valence-electron chi connectivity index (χ2n) is 6.90. The highest BCUT2D eigenvalue weighted by molar-refractivity contribution is 6.22. The quantitative estimate of drug-likeness (QED) is 0.343. The number of ether oxygens (including phenoxy) is 2. The van der Waals surface area contributed by atoms with E-state index < -0.39 is 11.9 Å². The Morgan fingerprint density at radius 1 is 1.07 bits per heavy atom. The molecular weight excluding hydrogens is 372 g/mol. The number of methoxy groups -OCH3 is 2. The molecule has 3 rings (SSSR count). The first-order valence-electron chi connectivity index (χ1n) is 9.62. The van der Waals surface area contributed by atoms with Gasteiger partial charge in [0.05, 0.1) is 20.3 Å². The summed E-state index contributed by atoms with van der Waals surface area (Å²) in [7, 11) is 2.43. The van der Waals surface area contributed by atoms with Gasteiger partial charge in [0.25, 0.3) is 5.56 Å². The van der Waals surface area contributed by atoms with Crippen LogP contribution in [0, 0.1) is 0 Å². The third-order valence-electron chi connectivity index (χ3n) is 5.03. The highest BCUT2D eigenvalue weighted by atomic mass is 16.5. The van der Waals surface area contributed by atoms with Gasteiger partial charge in [-0.2, -0.15) is 0 Å². The first-order chi connectivity index (χ1) is 14.0.